The first kappa shape index (κ1) is 15.5. The van der Waals surface area contributed by atoms with Crippen LogP contribution in [0.5, 0.6) is 0 Å². The molecular formula is C15H27NO2. The number of rotatable bonds is 6. The van der Waals surface area contributed by atoms with Gasteiger partial charge in [0.1, 0.15) is 5.60 Å². The molecule has 0 aromatic heterocycles. The van der Waals surface area contributed by atoms with Crippen LogP contribution in [0, 0.1) is 12.3 Å². The third-order valence-corrected chi connectivity index (χ3v) is 3.74. The van der Waals surface area contributed by atoms with Crippen molar-refractivity contribution in [3.05, 3.63) is 0 Å². The van der Waals surface area contributed by atoms with Crippen LogP contribution in [0.4, 0.5) is 0 Å². The SMILES string of the molecule is C#C[C@@](C)(CC)OC[C@H](O)CN1CCCCCC1. The Morgan fingerprint density at radius 2 is 1.94 bits per heavy atom. The normalized spacial score (nSPS) is 22.8. The molecule has 0 aromatic rings. The van der Waals surface area contributed by atoms with Gasteiger partial charge in [-0.15, -0.1) is 6.42 Å². The number of nitrogens with zero attached hydrogens (tertiary/aromatic N) is 1. The Bertz CT molecular complexity index is 266. The van der Waals surface area contributed by atoms with Crippen molar-refractivity contribution in [2.45, 2.75) is 57.7 Å². The molecule has 3 nitrogen and oxygen atoms in total. The third kappa shape index (κ3) is 5.39. The summed E-state index contributed by atoms with van der Waals surface area (Å²) in [7, 11) is 0. The van der Waals surface area contributed by atoms with Gasteiger partial charge in [-0.3, -0.25) is 0 Å². The lowest BCUT2D eigenvalue weighted by Crippen LogP contribution is -2.38. The Kier molecular flexibility index (Phi) is 6.70. The van der Waals surface area contributed by atoms with Crippen molar-refractivity contribution in [1.29, 1.82) is 0 Å². The van der Waals surface area contributed by atoms with E-state index >= 15 is 0 Å². The van der Waals surface area contributed by atoms with E-state index in [9.17, 15) is 5.11 Å². The molecule has 1 heterocycles. The Hall–Kier alpha value is -0.560. The van der Waals surface area contributed by atoms with Crippen LogP contribution in [-0.2, 0) is 4.74 Å². The molecule has 1 fully saturated rings. The molecule has 0 aliphatic carbocycles. The first-order valence-electron chi connectivity index (χ1n) is 7.12. The molecule has 1 rings (SSSR count). The fraction of sp³-hybridized carbons (Fsp3) is 0.867. The maximum Gasteiger partial charge on any atom is 0.125 e. The highest BCUT2D eigenvalue weighted by molar-refractivity contribution is 5.05. The largest absolute Gasteiger partial charge is 0.389 e. The predicted octanol–water partition coefficient (Wildman–Crippen LogP) is 2.04. The first-order valence-corrected chi connectivity index (χ1v) is 7.12. The third-order valence-electron chi connectivity index (χ3n) is 3.74. The molecule has 0 spiro atoms. The molecule has 1 aliphatic heterocycles. The Morgan fingerprint density at radius 1 is 1.33 bits per heavy atom. The zero-order chi connectivity index (χ0) is 13.4. The van der Waals surface area contributed by atoms with Crippen LogP contribution >= 0.6 is 0 Å². The number of ether oxygens (including phenoxy) is 1. The molecule has 0 bridgehead atoms. The molecule has 0 radical (unpaired) electrons. The lowest BCUT2D eigenvalue weighted by atomic mass is 10.1. The minimum Gasteiger partial charge on any atom is -0.389 e. The van der Waals surface area contributed by atoms with Crippen LogP contribution in [0.1, 0.15) is 46.0 Å². The summed E-state index contributed by atoms with van der Waals surface area (Å²) in [5, 5.41) is 10.0. The second-order valence-corrected chi connectivity index (χ2v) is 5.41. The molecule has 1 aliphatic rings. The molecular weight excluding hydrogens is 226 g/mol. The summed E-state index contributed by atoms with van der Waals surface area (Å²) < 4.78 is 5.65. The van der Waals surface area contributed by atoms with E-state index in [-0.39, 0.29) is 0 Å². The fourth-order valence-electron chi connectivity index (χ4n) is 2.20. The quantitative estimate of drug-likeness (QED) is 0.735. The lowest BCUT2D eigenvalue weighted by molar-refractivity contribution is -0.0468. The van der Waals surface area contributed by atoms with Gasteiger partial charge in [-0.05, 0) is 39.3 Å². The number of β-amino-alcohol motifs (C(OH)–C–C–N with tert-alkyl or cyclic N) is 1. The van der Waals surface area contributed by atoms with E-state index in [2.05, 4.69) is 10.8 Å². The summed E-state index contributed by atoms with van der Waals surface area (Å²) >= 11 is 0. The highest BCUT2D eigenvalue weighted by atomic mass is 16.5. The fourth-order valence-corrected chi connectivity index (χ4v) is 2.20. The van der Waals surface area contributed by atoms with Crippen LogP contribution in [0.3, 0.4) is 0 Å². The zero-order valence-corrected chi connectivity index (χ0v) is 11.8. The van der Waals surface area contributed by atoms with Gasteiger partial charge in [-0.25, -0.2) is 0 Å². The van der Waals surface area contributed by atoms with E-state index in [0.717, 1.165) is 19.5 Å². The molecule has 18 heavy (non-hydrogen) atoms. The van der Waals surface area contributed by atoms with Crippen LogP contribution in [-0.4, -0.2) is 48.0 Å². The van der Waals surface area contributed by atoms with Gasteiger partial charge in [-0.1, -0.05) is 25.7 Å². The van der Waals surface area contributed by atoms with Crippen LogP contribution in [0.25, 0.3) is 0 Å². The molecule has 3 heteroatoms. The monoisotopic (exact) mass is 253 g/mol. The highest BCUT2D eigenvalue weighted by Gasteiger charge is 2.22. The minimum absolute atomic E-state index is 0.324. The molecule has 0 saturated carbocycles. The summed E-state index contributed by atoms with van der Waals surface area (Å²) in [5.74, 6) is 2.65. The van der Waals surface area contributed by atoms with E-state index in [0.29, 0.717) is 13.2 Å². The summed E-state index contributed by atoms with van der Waals surface area (Å²) in [6.07, 6.45) is 10.9. The topological polar surface area (TPSA) is 32.7 Å². The van der Waals surface area contributed by atoms with Crippen molar-refractivity contribution in [3.63, 3.8) is 0 Å². The molecule has 0 amide bonds. The second-order valence-electron chi connectivity index (χ2n) is 5.41. The maximum absolute atomic E-state index is 10.0. The number of hydrogen-bond acceptors (Lipinski definition) is 3. The van der Waals surface area contributed by atoms with Gasteiger partial charge in [0.2, 0.25) is 0 Å². The smallest absolute Gasteiger partial charge is 0.125 e. The molecule has 0 aromatic carbocycles. The summed E-state index contributed by atoms with van der Waals surface area (Å²) in [6, 6.07) is 0. The van der Waals surface area contributed by atoms with Gasteiger partial charge >= 0.3 is 0 Å². The van der Waals surface area contributed by atoms with Gasteiger partial charge < -0.3 is 14.7 Å². The van der Waals surface area contributed by atoms with Crippen LogP contribution < -0.4 is 0 Å². The number of terminal acetylenes is 1. The van der Waals surface area contributed by atoms with Crippen molar-refractivity contribution in [3.8, 4) is 12.3 Å². The predicted molar refractivity (Wildman–Crippen MR) is 74.4 cm³/mol. The van der Waals surface area contributed by atoms with E-state index in [1.807, 2.05) is 13.8 Å². The number of hydrogen-bond donors (Lipinski definition) is 1. The molecule has 1 saturated heterocycles. The minimum atomic E-state index is -0.542. The average molecular weight is 253 g/mol. The van der Waals surface area contributed by atoms with E-state index in [4.69, 9.17) is 11.2 Å². The Balaban J connectivity index is 2.28. The van der Waals surface area contributed by atoms with Crippen molar-refractivity contribution < 1.29 is 9.84 Å². The van der Waals surface area contributed by atoms with Crippen molar-refractivity contribution in [2.75, 3.05) is 26.2 Å². The second kappa shape index (κ2) is 7.78. The average Bonchev–Trinajstić information content (AvgIpc) is 2.64. The summed E-state index contributed by atoms with van der Waals surface area (Å²) in [5.41, 5.74) is -0.542. The van der Waals surface area contributed by atoms with Crippen molar-refractivity contribution in [2.24, 2.45) is 0 Å². The number of aliphatic hydroxyl groups is 1. The summed E-state index contributed by atoms with van der Waals surface area (Å²) in [4.78, 5) is 2.33. The zero-order valence-electron chi connectivity index (χ0n) is 11.8. The van der Waals surface area contributed by atoms with Gasteiger partial charge in [0.15, 0.2) is 0 Å². The van der Waals surface area contributed by atoms with E-state index in [1.165, 1.54) is 25.7 Å². The molecule has 1 N–H and O–H groups in total. The highest BCUT2D eigenvalue weighted by Crippen LogP contribution is 2.15. The van der Waals surface area contributed by atoms with E-state index < -0.39 is 11.7 Å². The number of aliphatic hydroxyl groups excluding tert-OH is 1. The van der Waals surface area contributed by atoms with Crippen LogP contribution in [0.15, 0.2) is 0 Å². The first-order chi connectivity index (χ1) is 8.59. The van der Waals surface area contributed by atoms with Crippen LogP contribution in [0.2, 0.25) is 0 Å². The number of likely N-dealkylation sites (tertiary alicyclic amines) is 1. The molecule has 0 unspecified atom stereocenters. The maximum atomic E-state index is 10.0. The van der Waals surface area contributed by atoms with E-state index in [1.54, 1.807) is 0 Å². The lowest BCUT2D eigenvalue weighted by Gasteiger charge is -2.27. The Labute approximate surface area is 112 Å². The van der Waals surface area contributed by atoms with Gasteiger partial charge in [0, 0.05) is 6.54 Å². The summed E-state index contributed by atoms with van der Waals surface area (Å²) in [6.45, 7) is 7.11. The molecule has 2 atom stereocenters. The van der Waals surface area contributed by atoms with Gasteiger partial charge in [0.25, 0.3) is 0 Å². The van der Waals surface area contributed by atoms with Crippen molar-refractivity contribution >= 4 is 0 Å². The van der Waals surface area contributed by atoms with Crippen molar-refractivity contribution in [1.82, 2.24) is 4.90 Å². The standard InChI is InChI=1S/C15H27NO2/c1-4-15(3,5-2)18-13-14(17)12-16-10-8-6-7-9-11-16/h1,14,17H,5-13H2,2-3H3/t14-,15+/m1/s1. The Morgan fingerprint density at radius 3 is 2.44 bits per heavy atom. The molecule has 104 valence electrons. The van der Waals surface area contributed by atoms with Gasteiger partial charge in [0.05, 0.1) is 12.7 Å². The van der Waals surface area contributed by atoms with Gasteiger partial charge in [-0.2, -0.15) is 0 Å².